The smallest absolute Gasteiger partial charge is 0.277 e. The Hall–Kier alpha value is -3.97. The third-order valence-electron chi connectivity index (χ3n) is 7.14. The van der Waals surface area contributed by atoms with E-state index in [1.54, 1.807) is 35.1 Å². The van der Waals surface area contributed by atoms with Gasteiger partial charge in [0, 0.05) is 43.1 Å². The molecule has 5 heterocycles. The van der Waals surface area contributed by atoms with Gasteiger partial charge in [-0.2, -0.15) is 10.2 Å². The number of halogens is 2. The lowest BCUT2D eigenvalue weighted by Gasteiger charge is -2.15. The monoisotopic (exact) mass is 567 g/mol. The van der Waals surface area contributed by atoms with Crippen molar-refractivity contribution >= 4 is 32.6 Å². The van der Waals surface area contributed by atoms with Crippen LogP contribution in [0.3, 0.4) is 0 Å². The van der Waals surface area contributed by atoms with Crippen LogP contribution in [0.2, 0.25) is 0 Å². The maximum absolute atomic E-state index is 13.6. The molecule has 0 fully saturated rings. The molecule has 0 unspecified atom stereocenters. The number of nitrogens with zero attached hydrogens (tertiary/aromatic N) is 6. The molecule has 10 nitrogen and oxygen atoms in total. The average Bonchev–Trinajstić information content (AvgIpc) is 3.61. The largest absolute Gasteiger partial charge is 0.373 e. The molecule has 2 aliphatic rings. The minimum Gasteiger partial charge on any atom is -0.373 e. The number of hydrogen-bond acceptors (Lipinski definition) is 8. The van der Waals surface area contributed by atoms with Crippen LogP contribution >= 0.6 is 0 Å². The molecule has 0 bridgehead atoms. The number of aliphatic imine (C=N–C) groups is 1. The number of fused-ring (bicyclic) bond motifs is 2. The van der Waals surface area contributed by atoms with E-state index in [1.165, 1.54) is 0 Å². The van der Waals surface area contributed by atoms with Crippen LogP contribution in [0.1, 0.15) is 28.5 Å². The van der Waals surface area contributed by atoms with Crippen molar-refractivity contribution in [3.05, 3.63) is 65.0 Å². The van der Waals surface area contributed by atoms with Crippen LogP contribution in [-0.4, -0.2) is 58.0 Å². The number of alkyl halides is 2. The lowest BCUT2D eigenvalue weighted by atomic mass is 10.1. The number of sulfone groups is 1. The lowest BCUT2D eigenvalue weighted by Crippen LogP contribution is -2.16. The molecular weight excluding hydrogens is 540 g/mol. The van der Waals surface area contributed by atoms with Gasteiger partial charge in [0.25, 0.3) is 6.43 Å². The number of aromatic nitrogens is 5. The van der Waals surface area contributed by atoms with E-state index in [4.69, 9.17) is 4.74 Å². The van der Waals surface area contributed by atoms with Crippen molar-refractivity contribution in [2.75, 3.05) is 18.2 Å². The van der Waals surface area contributed by atoms with E-state index >= 15 is 0 Å². The van der Waals surface area contributed by atoms with Crippen molar-refractivity contribution < 1.29 is 21.9 Å². The number of hydrogen-bond donors (Lipinski definition) is 1. The SMILES string of the molecule is Cc1c(-c2ccc(Nc3cc(Cc4cc5n(n4)CCOC5)nc4c3N=C(C(F)F)C4)c(S(C)(=O)=O)c2)cnn1C. The summed E-state index contributed by atoms with van der Waals surface area (Å²) in [7, 11) is -1.86. The fourth-order valence-electron chi connectivity index (χ4n) is 5.02. The predicted molar refractivity (Wildman–Crippen MR) is 146 cm³/mol. The maximum atomic E-state index is 13.6. The van der Waals surface area contributed by atoms with E-state index in [0.29, 0.717) is 54.5 Å². The van der Waals surface area contributed by atoms with Gasteiger partial charge in [0.15, 0.2) is 9.84 Å². The molecule has 2 aliphatic heterocycles. The summed E-state index contributed by atoms with van der Waals surface area (Å²) >= 11 is 0. The van der Waals surface area contributed by atoms with Crippen molar-refractivity contribution in [2.45, 2.75) is 44.2 Å². The average molecular weight is 568 g/mol. The number of benzene rings is 1. The van der Waals surface area contributed by atoms with Crippen molar-refractivity contribution in [1.82, 2.24) is 24.5 Å². The van der Waals surface area contributed by atoms with Gasteiger partial charge in [-0.25, -0.2) is 22.2 Å². The van der Waals surface area contributed by atoms with Gasteiger partial charge in [0.2, 0.25) is 0 Å². The standard InChI is InChI=1S/C27H27F2N7O3S/c1-15-20(13-30-35(15)2)16-4-5-21(25(8-16)40(3,37)38)32-22-11-17(31-23-12-24(27(28)29)33-26(22)23)9-18-10-19-14-39-7-6-36(19)34-18/h4-5,8,10-11,13,27H,6-7,9,12,14H2,1-3H3,(H,31,32). The van der Waals surface area contributed by atoms with Gasteiger partial charge >= 0.3 is 0 Å². The molecule has 6 rings (SSSR count). The Morgan fingerprint density at radius 2 is 1.98 bits per heavy atom. The molecule has 1 N–H and O–H groups in total. The highest BCUT2D eigenvalue weighted by Gasteiger charge is 2.27. The normalized spacial score (nSPS) is 14.8. The molecule has 13 heteroatoms. The second-order valence-electron chi connectivity index (χ2n) is 9.99. The first-order valence-corrected chi connectivity index (χ1v) is 14.6. The molecule has 0 amide bonds. The molecule has 0 radical (unpaired) electrons. The van der Waals surface area contributed by atoms with E-state index in [0.717, 1.165) is 28.9 Å². The summed E-state index contributed by atoms with van der Waals surface area (Å²) in [5, 5.41) is 12.1. The van der Waals surface area contributed by atoms with Crippen LogP contribution in [-0.2, 0) is 47.6 Å². The number of rotatable bonds is 7. The van der Waals surface area contributed by atoms with Crippen LogP contribution in [0.25, 0.3) is 11.1 Å². The fourth-order valence-corrected chi connectivity index (χ4v) is 5.87. The van der Waals surface area contributed by atoms with Crippen molar-refractivity contribution in [3.8, 4) is 11.1 Å². The molecule has 3 aromatic heterocycles. The first-order valence-electron chi connectivity index (χ1n) is 12.7. The zero-order valence-electron chi connectivity index (χ0n) is 22.1. The Morgan fingerprint density at radius 3 is 2.67 bits per heavy atom. The number of nitrogens with one attached hydrogen (secondary N) is 1. The van der Waals surface area contributed by atoms with Crippen LogP contribution in [0.15, 0.2) is 46.4 Å². The molecule has 1 aromatic carbocycles. The Labute approximate surface area is 229 Å². The van der Waals surface area contributed by atoms with Crippen LogP contribution in [0, 0.1) is 6.92 Å². The first-order chi connectivity index (χ1) is 19.1. The highest BCUT2D eigenvalue weighted by molar-refractivity contribution is 7.90. The Bertz CT molecular complexity index is 1750. The summed E-state index contributed by atoms with van der Waals surface area (Å²) in [6.45, 7) is 3.63. The number of aryl methyl sites for hydroxylation is 1. The van der Waals surface area contributed by atoms with E-state index in [9.17, 15) is 17.2 Å². The Morgan fingerprint density at radius 1 is 1.15 bits per heavy atom. The summed E-state index contributed by atoms with van der Waals surface area (Å²) in [4.78, 5) is 8.86. The van der Waals surface area contributed by atoms with E-state index < -0.39 is 16.3 Å². The molecule has 208 valence electrons. The summed E-state index contributed by atoms with van der Waals surface area (Å²) in [5.74, 6) is 0. The van der Waals surface area contributed by atoms with E-state index in [1.807, 2.05) is 24.7 Å². The van der Waals surface area contributed by atoms with Crippen molar-refractivity contribution in [3.63, 3.8) is 0 Å². The fraction of sp³-hybridized carbons (Fsp3) is 0.333. The van der Waals surface area contributed by atoms with Gasteiger partial charge < -0.3 is 10.1 Å². The van der Waals surface area contributed by atoms with E-state index in [2.05, 4.69) is 25.5 Å². The third-order valence-corrected chi connectivity index (χ3v) is 8.28. The second-order valence-corrected chi connectivity index (χ2v) is 12.0. The number of anilines is 2. The van der Waals surface area contributed by atoms with Crippen LogP contribution < -0.4 is 5.32 Å². The highest BCUT2D eigenvalue weighted by atomic mass is 32.2. The Kier molecular flexibility index (Phi) is 6.50. The molecule has 40 heavy (non-hydrogen) atoms. The van der Waals surface area contributed by atoms with Crippen molar-refractivity contribution in [1.29, 1.82) is 0 Å². The second kappa shape index (κ2) is 9.89. The van der Waals surface area contributed by atoms with Gasteiger partial charge in [-0.3, -0.25) is 14.3 Å². The maximum Gasteiger partial charge on any atom is 0.277 e. The summed E-state index contributed by atoms with van der Waals surface area (Å²) < 4.78 is 62.1. The van der Waals surface area contributed by atoms with Crippen LogP contribution in [0.4, 0.5) is 25.8 Å². The number of ether oxygens (including phenoxy) is 1. The van der Waals surface area contributed by atoms with Crippen molar-refractivity contribution in [2.24, 2.45) is 12.0 Å². The summed E-state index contributed by atoms with van der Waals surface area (Å²) in [5.41, 5.74) is 5.86. The van der Waals surface area contributed by atoms with Gasteiger partial charge in [0.1, 0.15) is 5.69 Å². The zero-order chi connectivity index (χ0) is 28.2. The molecule has 0 atom stereocenters. The molecule has 0 saturated heterocycles. The summed E-state index contributed by atoms with van der Waals surface area (Å²) in [6, 6.07) is 8.73. The minimum absolute atomic E-state index is 0.0678. The zero-order valence-corrected chi connectivity index (χ0v) is 23.0. The molecule has 4 aromatic rings. The molecule has 0 saturated carbocycles. The molecule has 0 aliphatic carbocycles. The van der Waals surface area contributed by atoms with Gasteiger partial charge in [-0.15, -0.1) is 0 Å². The number of pyridine rings is 1. The first kappa shape index (κ1) is 26.3. The topological polar surface area (TPSA) is 116 Å². The molecule has 0 spiro atoms. The van der Waals surface area contributed by atoms with Gasteiger partial charge in [-0.1, -0.05) is 6.07 Å². The van der Waals surface area contributed by atoms with Gasteiger partial charge in [-0.05, 0) is 36.8 Å². The third kappa shape index (κ3) is 4.90. The highest BCUT2D eigenvalue weighted by Crippen LogP contribution is 2.39. The minimum atomic E-state index is -3.67. The quantitative estimate of drug-likeness (QED) is 0.357. The van der Waals surface area contributed by atoms with E-state index in [-0.39, 0.29) is 22.7 Å². The lowest BCUT2D eigenvalue weighted by molar-refractivity contribution is 0.0800. The Balaban J connectivity index is 1.40. The van der Waals surface area contributed by atoms with Crippen LogP contribution in [0.5, 0.6) is 0 Å². The van der Waals surface area contributed by atoms with Gasteiger partial charge in [0.05, 0.1) is 65.0 Å². The predicted octanol–water partition coefficient (Wildman–Crippen LogP) is 4.15. The molecular formula is C27H27F2N7O3S. The summed E-state index contributed by atoms with van der Waals surface area (Å²) in [6.07, 6.45) is 0.379.